The lowest BCUT2D eigenvalue weighted by Gasteiger charge is -2.45. The number of likely N-dealkylation sites (tertiary alicyclic amines) is 1. The van der Waals surface area contributed by atoms with Crippen LogP contribution in [0.2, 0.25) is 0 Å². The van der Waals surface area contributed by atoms with Gasteiger partial charge in [0.1, 0.15) is 11.2 Å². The molecule has 0 spiro atoms. The molecular formula is C42H65N7O8. The minimum absolute atomic E-state index is 0.167. The van der Waals surface area contributed by atoms with Gasteiger partial charge >= 0.3 is 24.2 Å². The zero-order valence-electron chi connectivity index (χ0n) is 36.0. The number of nitrogens with zero attached hydrogens (tertiary/aromatic N) is 4. The number of rotatable bonds is 11. The van der Waals surface area contributed by atoms with Gasteiger partial charge in [0.05, 0.1) is 43.6 Å². The Balaban J connectivity index is 2.07. The van der Waals surface area contributed by atoms with Gasteiger partial charge in [0, 0.05) is 25.0 Å². The van der Waals surface area contributed by atoms with E-state index in [1.165, 1.54) is 0 Å². The van der Waals surface area contributed by atoms with Gasteiger partial charge in [-0.15, -0.1) is 0 Å². The highest BCUT2D eigenvalue weighted by molar-refractivity contribution is 5.97. The molecule has 1 aromatic carbocycles. The molecule has 316 valence electrons. The van der Waals surface area contributed by atoms with Crippen molar-refractivity contribution in [3.63, 3.8) is 0 Å². The second-order valence-electron chi connectivity index (χ2n) is 16.5. The quantitative estimate of drug-likeness (QED) is 0.0505. The van der Waals surface area contributed by atoms with E-state index in [1.54, 1.807) is 78.5 Å². The normalized spacial score (nSPS) is 18.1. The van der Waals surface area contributed by atoms with Gasteiger partial charge < -0.3 is 29.2 Å². The summed E-state index contributed by atoms with van der Waals surface area (Å²) in [7, 11) is 0. The number of allylic oxidation sites excluding steroid dienone is 2. The molecule has 3 N–H and O–H groups in total. The number of hydrogen-bond acceptors (Lipinski definition) is 10. The van der Waals surface area contributed by atoms with Gasteiger partial charge in [-0.3, -0.25) is 15.5 Å². The molecule has 3 atom stereocenters. The SMILES string of the molecule is CCOC(=O)c1ccc2c(c1)C1C(CCN1C(=NCC=C(C)C)NC(=O)OC(C)(C)C)C(CCCNC(=NCC=C(C)C)NC(=O)OC(C)(C)C)N2C(=O)OCC. The number of guanidine groups is 2. The van der Waals surface area contributed by atoms with E-state index in [9.17, 15) is 19.2 Å². The topological polar surface area (TPSA) is 172 Å². The van der Waals surface area contributed by atoms with Crippen LogP contribution in [0.5, 0.6) is 0 Å². The van der Waals surface area contributed by atoms with E-state index in [0.29, 0.717) is 68.2 Å². The van der Waals surface area contributed by atoms with Crippen LogP contribution in [0.4, 0.5) is 20.1 Å². The van der Waals surface area contributed by atoms with Gasteiger partial charge in [-0.25, -0.2) is 29.2 Å². The number of carbonyl (C=O) groups is 4. The lowest BCUT2D eigenvalue weighted by molar-refractivity contribution is 0.0522. The largest absolute Gasteiger partial charge is 0.462 e. The molecule has 2 aliphatic rings. The molecule has 1 saturated heterocycles. The fraction of sp³-hybridized carbons (Fsp3) is 0.619. The third-order valence-electron chi connectivity index (χ3n) is 8.81. The maximum Gasteiger partial charge on any atom is 0.414 e. The Hall–Kier alpha value is -5.08. The third-order valence-corrected chi connectivity index (χ3v) is 8.81. The van der Waals surface area contributed by atoms with Crippen molar-refractivity contribution in [1.82, 2.24) is 20.9 Å². The number of nitrogens with one attached hydrogen (secondary N) is 3. The molecular weight excluding hydrogens is 731 g/mol. The van der Waals surface area contributed by atoms with Crippen molar-refractivity contribution in [3.05, 3.63) is 52.6 Å². The van der Waals surface area contributed by atoms with Crippen molar-refractivity contribution < 1.29 is 38.1 Å². The number of carbonyl (C=O) groups excluding carboxylic acids is 4. The fourth-order valence-electron chi connectivity index (χ4n) is 6.64. The zero-order chi connectivity index (χ0) is 42.5. The minimum atomic E-state index is -0.744. The lowest BCUT2D eigenvalue weighted by Crippen LogP contribution is -2.53. The Morgan fingerprint density at radius 2 is 1.44 bits per heavy atom. The smallest absolute Gasteiger partial charge is 0.414 e. The summed E-state index contributed by atoms with van der Waals surface area (Å²) in [6.07, 6.45) is 3.89. The summed E-state index contributed by atoms with van der Waals surface area (Å²) in [4.78, 5) is 66.0. The van der Waals surface area contributed by atoms with Gasteiger partial charge in [0.15, 0.2) is 0 Å². The summed E-state index contributed by atoms with van der Waals surface area (Å²) >= 11 is 0. The van der Waals surface area contributed by atoms with Crippen LogP contribution < -0.4 is 20.9 Å². The van der Waals surface area contributed by atoms with Crippen molar-refractivity contribution in [1.29, 1.82) is 0 Å². The van der Waals surface area contributed by atoms with E-state index in [-0.39, 0.29) is 31.1 Å². The summed E-state index contributed by atoms with van der Waals surface area (Å²) in [6.45, 7) is 24.1. The Morgan fingerprint density at radius 1 is 0.842 bits per heavy atom. The number of amides is 3. The van der Waals surface area contributed by atoms with E-state index in [0.717, 1.165) is 11.1 Å². The maximum atomic E-state index is 13.9. The molecule has 0 radical (unpaired) electrons. The minimum Gasteiger partial charge on any atom is -0.462 e. The van der Waals surface area contributed by atoms with Crippen molar-refractivity contribution in [2.24, 2.45) is 15.9 Å². The Bertz CT molecular complexity index is 1700. The molecule has 0 aliphatic carbocycles. The molecule has 0 saturated carbocycles. The van der Waals surface area contributed by atoms with Crippen molar-refractivity contribution in [2.45, 2.75) is 126 Å². The lowest BCUT2D eigenvalue weighted by atomic mass is 9.79. The van der Waals surface area contributed by atoms with Gasteiger partial charge in [-0.05, 0) is 126 Å². The predicted octanol–water partition coefficient (Wildman–Crippen LogP) is 7.64. The highest BCUT2D eigenvalue weighted by Gasteiger charge is 2.50. The first-order valence-electron chi connectivity index (χ1n) is 19.9. The highest BCUT2D eigenvalue weighted by atomic mass is 16.6. The molecule has 57 heavy (non-hydrogen) atoms. The molecule has 2 heterocycles. The Morgan fingerprint density at radius 3 is 2.02 bits per heavy atom. The molecule has 3 unspecified atom stereocenters. The zero-order valence-corrected chi connectivity index (χ0v) is 36.0. The number of aliphatic imine (C=N–C) groups is 2. The molecule has 0 aromatic heterocycles. The van der Waals surface area contributed by atoms with Gasteiger partial charge in [0.25, 0.3) is 0 Å². The first-order valence-corrected chi connectivity index (χ1v) is 19.9. The van der Waals surface area contributed by atoms with Gasteiger partial charge in [-0.1, -0.05) is 23.3 Å². The molecule has 1 aromatic rings. The fourth-order valence-corrected chi connectivity index (χ4v) is 6.64. The number of anilines is 1. The first-order chi connectivity index (χ1) is 26.7. The number of ether oxygens (including phenoxy) is 4. The summed E-state index contributed by atoms with van der Waals surface area (Å²) in [5.74, 6) is -0.0418. The molecule has 1 fully saturated rings. The van der Waals surface area contributed by atoms with Crippen LogP contribution in [0.1, 0.15) is 124 Å². The van der Waals surface area contributed by atoms with E-state index in [1.807, 2.05) is 44.7 Å². The number of esters is 1. The van der Waals surface area contributed by atoms with Crippen molar-refractivity contribution in [3.8, 4) is 0 Å². The highest BCUT2D eigenvalue weighted by Crippen LogP contribution is 2.50. The van der Waals surface area contributed by atoms with Crippen LogP contribution in [0, 0.1) is 5.92 Å². The van der Waals surface area contributed by atoms with Crippen molar-refractivity contribution in [2.75, 3.05) is 44.3 Å². The van der Waals surface area contributed by atoms with E-state index in [4.69, 9.17) is 23.9 Å². The average Bonchev–Trinajstić information content (AvgIpc) is 3.53. The van der Waals surface area contributed by atoms with E-state index >= 15 is 0 Å². The molecule has 15 nitrogen and oxygen atoms in total. The van der Waals surface area contributed by atoms with Crippen LogP contribution in [-0.2, 0) is 18.9 Å². The maximum absolute atomic E-state index is 13.9. The third kappa shape index (κ3) is 14.4. The number of hydrogen-bond donors (Lipinski definition) is 3. The van der Waals surface area contributed by atoms with Crippen LogP contribution in [-0.4, -0.2) is 97.7 Å². The van der Waals surface area contributed by atoms with E-state index in [2.05, 4.69) is 20.9 Å². The molecule has 0 bridgehead atoms. The summed E-state index contributed by atoms with van der Waals surface area (Å²) in [5, 5.41) is 8.90. The number of benzene rings is 1. The standard InChI is InChI=1S/C42H65N7O8/c1-13-54-35(50)29-17-18-33-31(26-29)34-30(21-25-48(34)37(45-24-20-28(5)6)47-39(52)57-42(10,11)12)32(49(33)40(53)55-14-2)16-15-22-43-36(44-23-19-27(3)4)46-38(51)56-41(7,8)9/h17-20,26,30,32,34H,13-16,21-25H2,1-12H3,(H,45,47,52)(H2,43,44,46,51). The Labute approximate surface area is 338 Å². The molecule has 2 aliphatic heterocycles. The van der Waals surface area contributed by atoms with Crippen LogP contribution >= 0.6 is 0 Å². The predicted molar refractivity (Wildman–Crippen MR) is 223 cm³/mol. The summed E-state index contributed by atoms with van der Waals surface area (Å²) < 4.78 is 22.1. The monoisotopic (exact) mass is 795 g/mol. The van der Waals surface area contributed by atoms with Crippen LogP contribution in [0.3, 0.4) is 0 Å². The van der Waals surface area contributed by atoms with Crippen LogP contribution in [0.25, 0.3) is 0 Å². The van der Waals surface area contributed by atoms with Gasteiger partial charge in [-0.2, -0.15) is 0 Å². The molecule has 3 rings (SSSR count). The van der Waals surface area contributed by atoms with E-state index < -0.39 is 41.5 Å². The summed E-state index contributed by atoms with van der Waals surface area (Å²) in [5.41, 5.74) is 2.37. The van der Waals surface area contributed by atoms with Crippen LogP contribution in [0.15, 0.2) is 51.5 Å². The number of alkyl carbamates (subject to hydrolysis) is 2. The Kier molecular flexibility index (Phi) is 17.0. The molecule has 15 heteroatoms. The number of fused-ring (bicyclic) bond motifs is 3. The second kappa shape index (κ2) is 20.9. The average molecular weight is 796 g/mol. The second-order valence-corrected chi connectivity index (χ2v) is 16.5. The first kappa shape index (κ1) is 46.3. The summed E-state index contributed by atoms with van der Waals surface area (Å²) in [6, 6.07) is 4.44. The van der Waals surface area contributed by atoms with Gasteiger partial charge in [0.2, 0.25) is 11.9 Å². The molecule has 3 amide bonds. The van der Waals surface area contributed by atoms with Crippen molar-refractivity contribution >= 4 is 41.9 Å².